The van der Waals surface area contributed by atoms with Crippen LogP contribution in [-0.4, -0.2) is 39.7 Å². The highest BCUT2D eigenvalue weighted by atomic mass is 16.5. The molecule has 0 heterocycles. The van der Waals surface area contributed by atoms with E-state index in [1.165, 1.54) is 6.08 Å². The number of carbonyl (C=O) groups is 2. The summed E-state index contributed by atoms with van der Waals surface area (Å²) in [6.07, 6.45) is 5.78. The molecule has 178 valence electrons. The molecule has 0 atom stereocenters. The average Bonchev–Trinajstić information content (AvgIpc) is 2.85. The number of rotatable bonds is 13. The number of carbonyl (C=O) groups excluding carboxylic acids is 2. The molecule has 0 unspecified atom stereocenters. The van der Waals surface area contributed by atoms with Crippen LogP contribution < -0.4 is 14.2 Å². The molecule has 6 nitrogen and oxygen atoms in total. The molecule has 0 radical (unpaired) electrons. The molecule has 6 heteroatoms. The molecule has 0 fully saturated rings. The van der Waals surface area contributed by atoms with Crippen LogP contribution in [0.3, 0.4) is 0 Å². The van der Waals surface area contributed by atoms with Crippen LogP contribution in [0, 0.1) is 0 Å². The van der Waals surface area contributed by atoms with Gasteiger partial charge in [-0.05, 0) is 73.6 Å². The smallest absolute Gasteiger partial charge is 0.330 e. The third kappa shape index (κ3) is 11.1. The first kappa shape index (κ1) is 27.5. The number of hydrogen-bond donors (Lipinski definition) is 0. The Morgan fingerprint density at radius 1 is 0.879 bits per heavy atom. The van der Waals surface area contributed by atoms with Gasteiger partial charge < -0.3 is 18.9 Å². The summed E-state index contributed by atoms with van der Waals surface area (Å²) in [5.41, 5.74) is 2.72. The molecular formula is C27H34O6. The zero-order valence-electron chi connectivity index (χ0n) is 19.8. The van der Waals surface area contributed by atoms with E-state index in [1.807, 2.05) is 42.5 Å². The Balaban J connectivity index is 0.000000981. The monoisotopic (exact) mass is 454 g/mol. The molecule has 0 N–H and O–H groups in total. The van der Waals surface area contributed by atoms with E-state index in [0.717, 1.165) is 48.8 Å². The lowest BCUT2D eigenvalue weighted by molar-refractivity contribution is -0.137. The summed E-state index contributed by atoms with van der Waals surface area (Å²) in [5.74, 6) is 1.91. The van der Waals surface area contributed by atoms with Crippen LogP contribution in [0.25, 0.3) is 11.1 Å². The molecule has 2 rings (SSSR count). The fourth-order valence-electron chi connectivity index (χ4n) is 2.74. The Morgan fingerprint density at radius 3 is 2.00 bits per heavy atom. The van der Waals surface area contributed by atoms with E-state index in [1.54, 1.807) is 21.1 Å². The summed E-state index contributed by atoms with van der Waals surface area (Å²) >= 11 is 0. The molecule has 33 heavy (non-hydrogen) atoms. The van der Waals surface area contributed by atoms with Crippen molar-refractivity contribution in [3.05, 3.63) is 67.3 Å². The van der Waals surface area contributed by atoms with Crippen molar-refractivity contribution in [1.82, 2.24) is 0 Å². The molecule has 0 aliphatic rings. The predicted octanol–water partition coefficient (Wildman–Crippen LogP) is 5.80. The van der Waals surface area contributed by atoms with Gasteiger partial charge in [-0.2, -0.15) is 0 Å². The van der Waals surface area contributed by atoms with Crippen molar-refractivity contribution in [2.45, 2.75) is 32.6 Å². The van der Waals surface area contributed by atoms with Crippen LogP contribution in [0.2, 0.25) is 0 Å². The van der Waals surface area contributed by atoms with Gasteiger partial charge in [0.1, 0.15) is 12.0 Å². The van der Waals surface area contributed by atoms with Crippen molar-refractivity contribution in [3.63, 3.8) is 0 Å². The van der Waals surface area contributed by atoms with Gasteiger partial charge in [0, 0.05) is 6.08 Å². The molecule has 2 aromatic rings. The first-order valence-electron chi connectivity index (χ1n) is 10.8. The number of unbranched alkanes of at least 4 members (excludes halogenated alkanes) is 3. The highest BCUT2D eigenvalue weighted by Gasteiger charge is 2.06. The quantitative estimate of drug-likeness (QED) is 0.165. The molecular weight excluding hydrogens is 420 g/mol. The maximum Gasteiger partial charge on any atom is 0.330 e. The summed E-state index contributed by atoms with van der Waals surface area (Å²) in [5, 5.41) is 0. The van der Waals surface area contributed by atoms with Gasteiger partial charge >= 0.3 is 5.97 Å². The Hall–Kier alpha value is -3.54. The lowest BCUT2D eigenvalue weighted by Gasteiger charge is -2.11. The van der Waals surface area contributed by atoms with E-state index >= 15 is 0 Å². The Labute approximate surface area is 196 Å². The summed E-state index contributed by atoms with van der Waals surface area (Å²) in [6, 6.07) is 13.9. The van der Waals surface area contributed by atoms with Crippen molar-refractivity contribution in [2.24, 2.45) is 0 Å². The zero-order valence-corrected chi connectivity index (χ0v) is 19.8. The van der Waals surface area contributed by atoms with Gasteiger partial charge in [-0.3, -0.25) is 4.79 Å². The zero-order chi connectivity index (χ0) is 24.5. The SMILES string of the molecule is C=C(C)C=O.C=CC(=O)OCCCCCCOc1ccc(-c2ccc(OC)c(OC)c2)cc1. The molecule has 0 saturated carbocycles. The first-order chi connectivity index (χ1) is 15.9. The van der Waals surface area contributed by atoms with Crippen molar-refractivity contribution >= 4 is 12.3 Å². The summed E-state index contributed by atoms with van der Waals surface area (Å²) in [4.78, 5) is 20.3. The maximum atomic E-state index is 10.9. The predicted molar refractivity (Wildman–Crippen MR) is 131 cm³/mol. The van der Waals surface area contributed by atoms with E-state index in [4.69, 9.17) is 18.9 Å². The van der Waals surface area contributed by atoms with E-state index in [-0.39, 0.29) is 5.97 Å². The Bertz CT molecular complexity index is 886. The molecule has 0 amide bonds. The number of methoxy groups -OCH3 is 2. The van der Waals surface area contributed by atoms with Crippen molar-refractivity contribution in [1.29, 1.82) is 0 Å². The minimum absolute atomic E-state index is 0.361. The van der Waals surface area contributed by atoms with Crippen molar-refractivity contribution in [2.75, 3.05) is 27.4 Å². The van der Waals surface area contributed by atoms with Gasteiger partial charge in [0.2, 0.25) is 0 Å². The first-order valence-corrected chi connectivity index (χ1v) is 10.8. The Morgan fingerprint density at radius 2 is 1.45 bits per heavy atom. The fourth-order valence-corrected chi connectivity index (χ4v) is 2.74. The van der Waals surface area contributed by atoms with E-state index < -0.39 is 0 Å². The average molecular weight is 455 g/mol. The molecule has 0 bridgehead atoms. The van der Waals surface area contributed by atoms with Gasteiger partial charge in [0.05, 0.1) is 27.4 Å². The second kappa shape index (κ2) is 16.1. The standard InChI is InChI=1S/C23H28O5.C4H6O/c1-4-23(24)28-16-8-6-5-7-15-27-20-12-9-18(10-13-20)19-11-14-21(25-2)22(17-19)26-3;1-4(2)3-5/h4,9-14,17H,1,5-8,15-16H2,2-3H3;3H,1H2,2H3. The molecule has 2 aromatic carbocycles. The van der Waals surface area contributed by atoms with Gasteiger partial charge in [-0.25, -0.2) is 4.79 Å². The van der Waals surface area contributed by atoms with Crippen molar-refractivity contribution in [3.8, 4) is 28.4 Å². The summed E-state index contributed by atoms with van der Waals surface area (Å²) < 4.78 is 21.4. The number of hydrogen-bond acceptors (Lipinski definition) is 6. The highest BCUT2D eigenvalue weighted by molar-refractivity contribution is 5.81. The number of ether oxygens (including phenoxy) is 4. The number of aldehydes is 1. The van der Waals surface area contributed by atoms with E-state index in [9.17, 15) is 9.59 Å². The van der Waals surface area contributed by atoms with Gasteiger partial charge in [-0.15, -0.1) is 0 Å². The molecule has 0 aliphatic heterocycles. The van der Waals surface area contributed by atoms with Crippen LogP contribution >= 0.6 is 0 Å². The topological polar surface area (TPSA) is 71.1 Å². The van der Waals surface area contributed by atoms with E-state index in [2.05, 4.69) is 13.2 Å². The van der Waals surface area contributed by atoms with Crippen LogP contribution in [0.1, 0.15) is 32.6 Å². The Kier molecular flexibility index (Phi) is 13.5. The minimum Gasteiger partial charge on any atom is -0.494 e. The normalized spacial score (nSPS) is 9.67. The molecule has 0 aromatic heterocycles. The lowest BCUT2D eigenvalue weighted by atomic mass is 10.1. The fraction of sp³-hybridized carbons (Fsp3) is 0.333. The minimum atomic E-state index is -0.361. The molecule has 0 spiro atoms. The van der Waals surface area contributed by atoms with Crippen LogP contribution in [0.5, 0.6) is 17.2 Å². The van der Waals surface area contributed by atoms with Gasteiger partial charge in [0.15, 0.2) is 11.5 Å². The van der Waals surface area contributed by atoms with Gasteiger partial charge in [0.25, 0.3) is 0 Å². The second-order valence-corrected chi connectivity index (χ2v) is 7.19. The summed E-state index contributed by atoms with van der Waals surface area (Å²) in [7, 11) is 3.26. The van der Waals surface area contributed by atoms with Crippen LogP contribution in [-0.2, 0) is 14.3 Å². The largest absolute Gasteiger partial charge is 0.494 e. The highest BCUT2D eigenvalue weighted by Crippen LogP contribution is 2.32. The third-order valence-electron chi connectivity index (χ3n) is 4.49. The number of benzene rings is 2. The van der Waals surface area contributed by atoms with Crippen LogP contribution in [0.15, 0.2) is 67.3 Å². The van der Waals surface area contributed by atoms with E-state index in [0.29, 0.717) is 30.3 Å². The lowest BCUT2D eigenvalue weighted by Crippen LogP contribution is -2.02. The third-order valence-corrected chi connectivity index (χ3v) is 4.49. The maximum absolute atomic E-state index is 10.9. The van der Waals surface area contributed by atoms with Crippen molar-refractivity contribution < 1.29 is 28.5 Å². The number of esters is 1. The van der Waals surface area contributed by atoms with Crippen LogP contribution in [0.4, 0.5) is 0 Å². The number of allylic oxidation sites excluding steroid dienone is 1. The summed E-state index contributed by atoms with van der Waals surface area (Å²) in [6.45, 7) is 9.45. The van der Waals surface area contributed by atoms with Gasteiger partial charge in [-0.1, -0.05) is 31.4 Å². The second-order valence-electron chi connectivity index (χ2n) is 7.19. The molecule has 0 aliphatic carbocycles. The molecule has 0 saturated heterocycles.